The molecule has 0 spiro atoms. The highest BCUT2D eigenvalue weighted by molar-refractivity contribution is 7.99. The molecule has 3 nitrogen and oxygen atoms in total. The van der Waals surface area contributed by atoms with Crippen LogP contribution in [0.4, 0.5) is 0 Å². The van der Waals surface area contributed by atoms with Crippen molar-refractivity contribution in [2.45, 2.75) is 11.7 Å². The maximum Gasteiger partial charge on any atom is 0.255 e. The van der Waals surface area contributed by atoms with Gasteiger partial charge in [0.25, 0.3) is 5.91 Å². The van der Waals surface area contributed by atoms with Crippen LogP contribution in [0, 0.1) is 0 Å². The Hall–Kier alpha value is -1.10. The van der Waals surface area contributed by atoms with E-state index in [2.05, 4.69) is 0 Å². The molecule has 1 unspecified atom stereocenters. The molecule has 1 aromatic heterocycles. The van der Waals surface area contributed by atoms with E-state index in [0.717, 1.165) is 17.9 Å². The zero-order valence-electron chi connectivity index (χ0n) is 11.8. The van der Waals surface area contributed by atoms with Crippen molar-refractivity contribution in [3.63, 3.8) is 0 Å². The van der Waals surface area contributed by atoms with Crippen LogP contribution in [0.2, 0.25) is 10.0 Å². The molecule has 0 saturated carbocycles. The van der Waals surface area contributed by atoms with Crippen LogP contribution in [-0.2, 0) is 0 Å². The molecule has 0 bridgehead atoms. The number of carbonyl (C=O) groups excluding carboxylic acids is 1. The number of halogens is 2. The van der Waals surface area contributed by atoms with Crippen LogP contribution in [-0.4, -0.2) is 29.6 Å². The van der Waals surface area contributed by atoms with Crippen LogP contribution < -0.4 is 0 Å². The summed E-state index contributed by atoms with van der Waals surface area (Å²) in [7, 11) is 0. The average molecular weight is 356 g/mol. The van der Waals surface area contributed by atoms with Gasteiger partial charge >= 0.3 is 0 Å². The number of carbonyl (C=O) groups is 1. The molecule has 1 aliphatic heterocycles. The van der Waals surface area contributed by atoms with Crippen LogP contribution in [0.5, 0.6) is 0 Å². The summed E-state index contributed by atoms with van der Waals surface area (Å²) in [5, 5.41) is 1.23. The Labute approximate surface area is 143 Å². The van der Waals surface area contributed by atoms with Gasteiger partial charge in [-0.15, -0.1) is 11.8 Å². The van der Waals surface area contributed by atoms with Crippen LogP contribution in [0.3, 0.4) is 0 Å². The smallest absolute Gasteiger partial charge is 0.255 e. The minimum absolute atomic E-state index is 0.0395. The van der Waals surface area contributed by atoms with E-state index in [1.165, 1.54) is 0 Å². The Morgan fingerprint density at radius 3 is 2.86 bits per heavy atom. The van der Waals surface area contributed by atoms with Gasteiger partial charge in [-0.3, -0.25) is 4.79 Å². The molecule has 0 radical (unpaired) electrons. The van der Waals surface area contributed by atoms with Crippen molar-refractivity contribution in [2.75, 3.05) is 18.8 Å². The first kappa shape index (κ1) is 15.8. The van der Waals surface area contributed by atoms with Crippen LogP contribution in [0.1, 0.15) is 27.8 Å². The zero-order valence-corrected chi connectivity index (χ0v) is 14.1. The largest absolute Gasteiger partial charge is 0.468 e. The lowest BCUT2D eigenvalue weighted by Gasteiger charge is -2.20. The summed E-state index contributed by atoms with van der Waals surface area (Å²) in [5.74, 6) is 1.81. The van der Waals surface area contributed by atoms with Crippen LogP contribution in [0.15, 0.2) is 41.0 Å². The SMILES string of the molecule is O=C(c1ccc(Cl)cc1Cl)N1CCSC(c2ccco2)CC1. The van der Waals surface area contributed by atoms with Crippen molar-refractivity contribution in [3.8, 4) is 0 Å². The molecule has 1 saturated heterocycles. The van der Waals surface area contributed by atoms with E-state index in [-0.39, 0.29) is 5.91 Å². The monoisotopic (exact) mass is 355 g/mol. The minimum atomic E-state index is -0.0395. The van der Waals surface area contributed by atoms with Gasteiger partial charge in [0.05, 0.1) is 22.1 Å². The summed E-state index contributed by atoms with van der Waals surface area (Å²) in [6.45, 7) is 1.40. The lowest BCUT2D eigenvalue weighted by Crippen LogP contribution is -2.33. The number of amides is 1. The summed E-state index contributed by atoms with van der Waals surface area (Å²) >= 11 is 13.9. The van der Waals surface area contributed by atoms with Crippen molar-refractivity contribution in [1.82, 2.24) is 4.90 Å². The van der Waals surface area contributed by atoms with Crippen LogP contribution in [0.25, 0.3) is 0 Å². The van der Waals surface area contributed by atoms with Gasteiger partial charge in [-0.05, 0) is 36.8 Å². The molecule has 3 rings (SSSR count). The third kappa shape index (κ3) is 3.45. The molecule has 0 N–H and O–H groups in total. The fourth-order valence-electron chi connectivity index (χ4n) is 2.51. The van der Waals surface area contributed by atoms with Gasteiger partial charge in [-0.2, -0.15) is 0 Å². The molecule has 2 heterocycles. The first-order valence-corrected chi connectivity index (χ1v) is 8.85. The van der Waals surface area contributed by atoms with E-state index in [1.807, 2.05) is 28.8 Å². The van der Waals surface area contributed by atoms with Crippen molar-refractivity contribution < 1.29 is 9.21 Å². The first-order chi connectivity index (χ1) is 10.6. The number of rotatable bonds is 2. The summed E-state index contributed by atoms with van der Waals surface area (Å²) in [5.41, 5.74) is 0.507. The fraction of sp³-hybridized carbons (Fsp3) is 0.312. The highest BCUT2D eigenvalue weighted by Gasteiger charge is 2.25. The molecule has 22 heavy (non-hydrogen) atoms. The number of thioether (sulfide) groups is 1. The van der Waals surface area contributed by atoms with E-state index in [0.29, 0.717) is 33.9 Å². The van der Waals surface area contributed by atoms with E-state index in [4.69, 9.17) is 27.6 Å². The molecule has 1 amide bonds. The van der Waals surface area contributed by atoms with Gasteiger partial charge in [0.2, 0.25) is 0 Å². The maximum absolute atomic E-state index is 12.6. The summed E-state index contributed by atoms with van der Waals surface area (Å²) in [6.07, 6.45) is 2.56. The third-order valence-corrected chi connectivity index (χ3v) is 5.49. The standard InChI is InChI=1S/C16H15Cl2NO2S/c17-11-3-4-12(13(18)10-11)16(20)19-6-5-15(22-9-7-19)14-2-1-8-21-14/h1-4,8,10,15H,5-7,9H2. The predicted molar refractivity (Wildman–Crippen MR) is 90.9 cm³/mol. The Kier molecular flexibility index (Phi) is 5.01. The van der Waals surface area contributed by atoms with E-state index >= 15 is 0 Å². The van der Waals surface area contributed by atoms with E-state index in [1.54, 1.807) is 24.5 Å². The topological polar surface area (TPSA) is 33.5 Å². The Morgan fingerprint density at radius 2 is 2.14 bits per heavy atom. The average Bonchev–Trinajstić information content (AvgIpc) is 2.91. The molecule has 0 aliphatic carbocycles. The molecular formula is C16H15Cl2NO2S. The second-order valence-corrected chi connectivity index (χ2v) is 7.23. The molecule has 1 fully saturated rings. The number of furan rings is 1. The Bertz CT molecular complexity index is 660. The zero-order chi connectivity index (χ0) is 15.5. The number of hydrogen-bond acceptors (Lipinski definition) is 3. The first-order valence-electron chi connectivity index (χ1n) is 7.04. The summed E-state index contributed by atoms with van der Waals surface area (Å²) < 4.78 is 5.48. The van der Waals surface area contributed by atoms with Gasteiger partial charge in [-0.1, -0.05) is 23.2 Å². The van der Waals surface area contributed by atoms with Gasteiger partial charge in [0.15, 0.2) is 0 Å². The van der Waals surface area contributed by atoms with E-state index in [9.17, 15) is 4.79 Å². The molecule has 1 aromatic carbocycles. The fourth-order valence-corrected chi connectivity index (χ4v) is 4.18. The highest BCUT2D eigenvalue weighted by Crippen LogP contribution is 2.35. The predicted octanol–water partition coefficient (Wildman–Crippen LogP) is 4.91. The van der Waals surface area contributed by atoms with Crippen LogP contribution >= 0.6 is 35.0 Å². The molecule has 1 atom stereocenters. The Morgan fingerprint density at radius 1 is 1.27 bits per heavy atom. The van der Waals surface area contributed by atoms with Crippen molar-refractivity contribution in [3.05, 3.63) is 58.0 Å². The third-order valence-electron chi connectivity index (χ3n) is 3.65. The Balaban J connectivity index is 1.71. The molecular weight excluding hydrogens is 341 g/mol. The quantitative estimate of drug-likeness (QED) is 0.767. The van der Waals surface area contributed by atoms with Gasteiger partial charge < -0.3 is 9.32 Å². The summed E-state index contributed by atoms with van der Waals surface area (Å²) in [6, 6.07) is 8.88. The normalized spacial score (nSPS) is 19.0. The lowest BCUT2D eigenvalue weighted by molar-refractivity contribution is 0.0766. The highest BCUT2D eigenvalue weighted by atomic mass is 35.5. The lowest BCUT2D eigenvalue weighted by atomic mass is 10.1. The molecule has 2 aromatic rings. The second kappa shape index (κ2) is 6.99. The molecule has 6 heteroatoms. The van der Waals surface area contributed by atoms with Crippen molar-refractivity contribution in [2.24, 2.45) is 0 Å². The van der Waals surface area contributed by atoms with E-state index < -0.39 is 0 Å². The van der Waals surface area contributed by atoms with Crippen molar-refractivity contribution >= 4 is 40.9 Å². The molecule has 116 valence electrons. The minimum Gasteiger partial charge on any atom is -0.468 e. The number of hydrogen-bond donors (Lipinski definition) is 0. The summed E-state index contributed by atoms with van der Waals surface area (Å²) in [4.78, 5) is 14.5. The van der Waals surface area contributed by atoms with Crippen molar-refractivity contribution in [1.29, 1.82) is 0 Å². The van der Waals surface area contributed by atoms with Gasteiger partial charge in [0, 0.05) is 23.9 Å². The maximum atomic E-state index is 12.6. The van der Waals surface area contributed by atoms with Gasteiger partial charge in [-0.25, -0.2) is 0 Å². The second-order valence-electron chi connectivity index (χ2n) is 5.08. The van der Waals surface area contributed by atoms with Gasteiger partial charge in [0.1, 0.15) is 5.76 Å². The molecule has 1 aliphatic rings. The number of benzene rings is 1. The number of nitrogens with zero attached hydrogens (tertiary/aromatic N) is 1.